The number of hydrogen-bond donors (Lipinski definition) is 0. The van der Waals surface area contributed by atoms with Crippen LogP contribution in [0.1, 0.15) is 11.1 Å². The van der Waals surface area contributed by atoms with E-state index >= 15 is 0 Å². The molecule has 3 rings (SSSR count). The number of pyridine rings is 1. The first-order chi connectivity index (χ1) is 9.74. The predicted octanol–water partition coefficient (Wildman–Crippen LogP) is 5.03. The first kappa shape index (κ1) is 12.6. The molecule has 0 radical (unpaired) electrons. The van der Waals surface area contributed by atoms with Gasteiger partial charge < -0.3 is 0 Å². The highest BCUT2D eigenvalue weighted by Crippen LogP contribution is 2.28. The molecule has 0 amide bonds. The zero-order valence-electron chi connectivity index (χ0n) is 11.8. The van der Waals surface area contributed by atoms with Crippen molar-refractivity contribution in [2.75, 3.05) is 0 Å². The monoisotopic (exact) mass is 259 g/mol. The molecule has 98 valence electrons. The Morgan fingerprint density at radius 1 is 0.750 bits per heavy atom. The van der Waals surface area contributed by atoms with Crippen LogP contribution < -0.4 is 0 Å². The molecule has 0 spiro atoms. The van der Waals surface area contributed by atoms with Gasteiger partial charge in [-0.1, -0.05) is 48.0 Å². The van der Waals surface area contributed by atoms with Gasteiger partial charge in [0.25, 0.3) is 0 Å². The molecule has 1 aromatic heterocycles. The first-order valence-electron chi connectivity index (χ1n) is 6.83. The summed E-state index contributed by atoms with van der Waals surface area (Å²) >= 11 is 0. The van der Waals surface area contributed by atoms with E-state index in [1.165, 1.54) is 22.3 Å². The van der Waals surface area contributed by atoms with Crippen LogP contribution in [0.4, 0.5) is 0 Å². The molecule has 0 bridgehead atoms. The van der Waals surface area contributed by atoms with Crippen molar-refractivity contribution in [3.05, 3.63) is 78.0 Å². The van der Waals surface area contributed by atoms with Crippen LogP contribution in [0.5, 0.6) is 0 Å². The van der Waals surface area contributed by atoms with Crippen LogP contribution in [0.15, 0.2) is 66.9 Å². The zero-order chi connectivity index (χ0) is 13.9. The normalized spacial score (nSPS) is 10.5. The van der Waals surface area contributed by atoms with Gasteiger partial charge in [-0.2, -0.15) is 0 Å². The molecule has 3 aromatic rings. The second-order valence-corrected chi connectivity index (χ2v) is 5.11. The zero-order valence-corrected chi connectivity index (χ0v) is 11.8. The van der Waals surface area contributed by atoms with Gasteiger partial charge in [0, 0.05) is 11.8 Å². The molecule has 0 aliphatic carbocycles. The van der Waals surface area contributed by atoms with Gasteiger partial charge in [0.15, 0.2) is 0 Å². The molecule has 0 unspecified atom stereocenters. The van der Waals surface area contributed by atoms with Gasteiger partial charge in [0.05, 0.1) is 5.69 Å². The summed E-state index contributed by atoms with van der Waals surface area (Å²) in [4.78, 5) is 4.42. The van der Waals surface area contributed by atoms with Gasteiger partial charge in [0.1, 0.15) is 0 Å². The van der Waals surface area contributed by atoms with E-state index in [1.807, 2.05) is 24.4 Å². The van der Waals surface area contributed by atoms with Gasteiger partial charge in [-0.15, -0.1) is 0 Å². The highest BCUT2D eigenvalue weighted by atomic mass is 14.7. The van der Waals surface area contributed by atoms with Crippen LogP contribution in [0, 0.1) is 13.8 Å². The molecule has 0 aliphatic rings. The maximum atomic E-state index is 4.42. The first-order valence-corrected chi connectivity index (χ1v) is 6.83. The Hall–Kier alpha value is -2.41. The minimum Gasteiger partial charge on any atom is -0.256 e. The third kappa shape index (κ3) is 2.48. The van der Waals surface area contributed by atoms with Gasteiger partial charge in [0.2, 0.25) is 0 Å². The van der Waals surface area contributed by atoms with Crippen molar-refractivity contribution < 1.29 is 0 Å². The van der Waals surface area contributed by atoms with E-state index in [9.17, 15) is 0 Å². The van der Waals surface area contributed by atoms with Crippen LogP contribution in [0.2, 0.25) is 0 Å². The molecule has 0 saturated carbocycles. The van der Waals surface area contributed by atoms with E-state index in [0.29, 0.717) is 0 Å². The van der Waals surface area contributed by atoms with Crippen molar-refractivity contribution in [1.29, 1.82) is 0 Å². The van der Waals surface area contributed by atoms with E-state index < -0.39 is 0 Å². The standard InChI is InChI=1S/C19H17N/c1-14-9-10-15(2)18(12-14)16-6-5-7-17(13-16)19-8-3-4-11-20-19/h3-13H,1-2H3. The van der Waals surface area contributed by atoms with Crippen molar-refractivity contribution in [2.45, 2.75) is 13.8 Å². The van der Waals surface area contributed by atoms with Gasteiger partial charge in [-0.05, 0) is 48.7 Å². The summed E-state index contributed by atoms with van der Waals surface area (Å²) in [7, 11) is 0. The number of aryl methyl sites for hydroxylation is 2. The summed E-state index contributed by atoms with van der Waals surface area (Å²) in [6.07, 6.45) is 1.83. The molecule has 0 N–H and O–H groups in total. The van der Waals surface area contributed by atoms with Crippen molar-refractivity contribution in [3.8, 4) is 22.4 Å². The van der Waals surface area contributed by atoms with Crippen molar-refractivity contribution in [3.63, 3.8) is 0 Å². The Labute approximate surface area is 119 Å². The summed E-state index contributed by atoms with van der Waals surface area (Å²) in [5, 5.41) is 0. The lowest BCUT2D eigenvalue weighted by Crippen LogP contribution is -1.87. The molecular weight excluding hydrogens is 242 g/mol. The summed E-state index contributed by atoms with van der Waals surface area (Å²) in [6.45, 7) is 4.29. The Bertz CT molecular complexity index is 730. The Balaban J connectivity index is 2.10. The van der Waals surface area contributed by atoms with Crippen LogP contribution >= 0.6 is 0 Å². The molecular formula is C19H17N. The SMILES string of the molecule is Cc1ccc(C)c(-c2cccc(-c3ccccn3)c2)c1. The largest absolute Gasteiger partial charge is 0.256 e. The number of aromatic nitrogens is 1. The topological polar surface area (TPSA) is 12.9 Å². The fourth-order valence-electron chi connectivity index (χ4n) is 2.43. The number of nitrogens with zero attached hydrogens (tertiary/aromatic N) is 1. The maximum Gasteiger partial charge on any atom is 0.0702 e. The van der Waals surface area contributed by atoms with Gasteiger partial charge in [-0.3, -0.25) is 4.98 Å². The average molecular weight is 259 g/mol. The fraction of sp³-hybridized carbons (Fsp3) is 0.105. The highest BCUT2D eigenvalue weighted by molar-refractivity contribution is 5.73. The lowest BCUT2D eigenvalue weighted by atomic mass is 9.96. The third-order valence-corrected chi connectivity index (χ3v) is 3.53. The van der Waals surface area contributed by atoms with Crippen molar-refractivity contribution >= 4 is 0 Å². The number of hydrogen-bond acceptors (Lipinski definition) is 1. The van der Waals surface area contributed by atoms with Crippen molar-refractivity contribution in [1.82, 2.24) is 4.98 Å². The minimum atomic E-state index is 1.01. The summed E-state index contributed by atoms with van der Waals surface area (Å²) in [6, 6.07) is 21.2. The summed E-state index contributed by atoms with van der Waals surface area (Å²) in [5.41, 5.74) is 7.29. The summed E-state index contributed by atoms with van der Waals surface area (Å²) in [5.74, 6) is 0. The predicted molar refractivity (Wildman–Crippen MR) is 84.6 cm³/mol. The third-order valence-electron chi connectivity index (χ3n) is 3.53. The van der Waals surface area contributed by atoms with E-state index in [2.05, 4.69) is 61.3 Å². The van der Waals surface area contributed by atoms with Crippen LogP contribution in [-0.2, 0) is 0 Å². The van der Waals surface area contributed by atoms with Gasteiger partial charge in [-0.25, -0.2) is 0 Å². The average Bonchev–Trinajstić information content (AvgIpc) is 2.51. The van der Waals surface area contributed by atoms with Crippen molar-refractivity contribution in [2.24, 2.45) is 0 Å². The van der Waals surface area contributed by atoms with Crippen LogP contribution in [0.3, 0.4) is 0 Å². The van der Waals surface area contributed by atoms with E-state index in [-0.39, 0.29) is 0 Å². The second kappa shape index (κ2) is 5.30. The minimum absolute atomic E-state index is 1.01. The summed E-state index contributed by atoms with van der Waals surface area (Å²) < 4.78 is 0. The lowest BCUT2D eigenvalue weighted by Gasteiger charge is -2.09. The molecule has 2 aromatic carbocycles. The quantitative estimate of drug-likeness (QED) is 0.628. The Kier molecular flexibility index (Phi) is 3.34. The molecule has 1 nitrogen and oxygen atoms in total. The van der Waals surface area contributed by atoms with Crippen LogP contribution in [-0.4, -0.2) is 4.98 Å². The number of benzene rings is 2. The second-order valence-electron chi connectivity index (χ2n) is 5.11. The van der Waals surface area contributed by atoms with E-state index in [0.717, 1.165) is 11.3 Å². The Morgan fingerprint density at radius 2 is 1.60 bits per heavy atom. The van der Waals surface area contributed by atoms with E-state index in [1.54, 1.807) is 0 Å². The smallest absolute Gasteiger partial charge is 0.0702 e. The lowest BCUT2D eigenvalue weighted by molar-refractivity contribution is 1.32. The Morgan fingerprint density at radius 3 is 2.40 bits per heavy atom. The number of rotatable bonds is 2. The van der Waals surface area contributed by atoms with E-state index in [4.69, 9.17) is 0 Å². The fourth-order valence-corrected chi connectivity index (χ4v) is 2.43. The maximum absolute atomic E-state index is 4.42. The molecule has 20 heavy (non-hydrogen) atoms. The molecule has 0 aliphatic heterocycles. The molecule has 1 heterocycles. The van der Waals surface area contributed by atoms with Gasteiger partial charge >= 0.3 is 0 Å². The molecule has 1 heteroatoms. The molecule has 0 fully saturated rings. The molecule has 0 saturated heterocycles. The highest BCUT2D eigenvalue weighted by Gasteiger charge is 2.05. The van der Waals surface area contributed by atoms with Crippen LogP contribution in [0.25, 0.3) is 22.4 Å². The molecule has 0 atom stereocenters.